The molecule has 0 aromatic heterocycles. The molecule has 1 aliphatic rings. The summed E-state index contributed by atoms with van der Waals surface area (Å²) in [7, 11) is 0. The van der Waals surface area contributed by atoms with Crippen molar-refractivity contribution in [2.24, 2.45) is 5.92 Å². The molecular formula is C20H30O2. The number of hydrogen-bond donors (Lipinski definition) is 1. The van der Waals surface area contributed by atoms with Crippen molar-refractivity contribution >= 4 is 0 Å². The van der Waals surface area contributed by atoms with Gasteiger partial charge in [0.2, 0.25) is 0 Å². The fraction of sp³-hybridized carbons (Fsp3) is 0.600. The number of phenols is 1. The number of ether oxygens (including phenoxy) is 1. The molecule has 0 fully saturated rings. The summed E-state index contributed by atoms with van der Waals surface area (Å²) in [5.74, 6) is 2.27. The maximum Gasteiger partial charge on any atom is 0.126 e. The van der Waals surface area contributed by atoms with Crippen molar-refractivity contribution in [3.8, 4) is 11.5 Å². The van der Waals surface area contributed by atoms with E-state index in [9.17, 15) is 5.11 Å². The second-order valence-electron chi connectivity index (χ2n) is 6.47. The number of allylic oxidation sites excluding steroid dienone is 2. The molecule has 0 saturated carbocycles. The van der Waals surface area contributed by atoms with Gasteiger partial charge in [0, 0.05) is 5.56 Å². The summed E-state index contributed by atoms with van der Waals surface area (Å²) in [4.78, 5) is 0. The minimum atomic E-state index is 0.368. The topological polar surface area (TPSA) is 29.5 Å². The largest absolute Gasteiger partial charge is 0.508 e. The van der Waals surface area contributed by atoms with E-state index in [1.165, 1.54) is 11.1 Å². The Morgan fingerprint density at radius 2 is 2.00 bits per heavy atom. The molecule has 122 valence electrons. The molecule has 2 atom stereocenters. The van der Waals surface area contributed by atoms with Crippen molar-refractivity contribution in [2.45, 2.75) is 65.7 Å². The molecule has 22 heavy (non-hydrogen) atoms. The maximum absolute atomic E-state index is 10.7. The number of aromatic hydroxyl groups is 1. The Hall–Kier alpha value is -1.44. The Morgan fingerprint density at radius 3 is 2.64 bits per heavy atom. The SMILES string of the molecule is CCCc1cc(O)c(C2CC(C)=CC[C@H]2CC)c(OCC)c1. The summed E-state index contributed by atoms with van der Waals surface area (Å²) in [5, 5.41) is 10.7. The summed E-state index contributed by atoms with van der Waals surface area (Å²) in [5.41, 5.74) is 3.62. The van der Waals surface area contributed by atoms with Crippen LogP contribution in [0.1, 0.15) is 70.4 Å². The van der Waals surface area contributed by atoms with E-state index in [-0.39, 0.29) is 0 Å². The average molecular weight is 302 g/mol. The molecule has 1 unspecified atom stereocenters. The van der Waals surface area contributed by atoms with Crippen LogP contribution in [-0.4, -0.2) is 11.7 Å². The van der Waals surface area contributed by atoms with E-state index in [1.54, 1.807) is 0 Å². The predicted molar refractivity (Wildman–Crippen MR) is 92.8 cm³/mol. The Labute approximate surface area is 135 Å². The van der Waals surface area contributed by atoms with Crippen molar-refractivity contribution in [1.82, 2.24) is 0 Å². The highest BCUT2D eigenvalue weighted by Gasteiger charge is 2.30. The molecule has 2 nitrogen and oxygen atoms in total. The van der Waals surface area contributed by atoms with Crippen LogP contribution in [0.4, 0.5) is 0 Å². The number of phenolic OH excluding ortho intramolecular Hbond substituents is 1. The first-order chi connectivity index (χ1) is 10.6. The Balaban J connectivity index is 2.45. The standard InChI is InChI=1S/C20H30O2/c1-5-8-15-12-18(21)20(19(13-15)22-7-3)17-11-14(4)9-10-16(17)6-2/h9,12-13,16-17,21H,5-8,10-11H2,1-4H3/t16-,17?/m1/s1. The number of rotatable bonds is 6. The van der Waals surface area contributed by atoms with E-state index >= 15 is 0 Å². The third-order valence-electron chi connectivity index (χ3n) is 4.79. The van der Waals surface area contributed by atoms with E-state index in [4.69, 9.17) is 4.74 Å². The van der Waals surface area contributed by atoms with Gasteiger partial charge in [0.25, 0.3) is 0 Å². The second-order valence-corrected chi connectivity index (χ2v) is 6.47. The minimum Gasteiger partial charge on any atom is -0.508 e. The lowest BCUT2D eigenvalue weighted by molar-refractivity contribution is 0.313. The molecule has 0 spiro atoms. The van der Waals surface area contributed by atoms with Gasteiger partial charge in [-0.05, 0) is 62.6 Å². The van der Waals surface area contributed by atoms with Gasteiger partial charge in [-0.2, -0.15) is 0 Å². The molecule has 0 bridgehead atoms. The molecule has 2 rings (SSSR count). The molecule has 0 saturated heterocycles. The van der Waals surface area contributed by atoms with E-state index in [0.717, 1.165) is 43.4 Å². The fourth-order valence-electron chi connectivity index (χ4n) is 3.65. The number of hydrogen-bond acceptors (Lipinski definition) is 2. The van der Waals surface area contributed by atoms with Crippen LogP contribution >= 0.6 is 0 Å². The lowest BCUT2D eigenvalue weighted by atomic mass is 9.74. The highest BCUT2D eigenvalue weighted by molar-refractivity contribution is 5.50. The molecule has 1 aromatic rings. The molecule has 0 radical (unpaired) electrons. The van der Waals surface area contributed by atoms with E-state index < -0.39 is 0 Å². The van der Waals surface area contributed by atoms with E-state index in [2.05, 4.69) is 32.9 Å². The molecule has 0 aliphatic heterocycles. The molecule has 1 N–H and O–H groups in total. The maximum atomic E-state index is 10.7. The fourth-order valence-corrected chi connectivity index (χ4v) is 3.65. The quantitative estimate of drug-likeness (QED) is 0.694. The van der Waals surface area contributed by atoms with Crippen molar-refractivity contribution < 1.29 is 9.84 Å². The van der Waals surface area contributed by atoms with Crippen LogP contribution in [0.5, 0.6) is 11.5 Å². The van der Waals surface area contributed by atoms with Gasteiger partial charge >= 0.3 is 0 Å². The Morgan fingerprint density at radius 1 is 1.23 bits per heavy atom. The van der Waals surface area contributed by atoms with Gasteiger partial charge in [0.15, 0.2) is 0 Å². The normalized spacial score (nSPS) is 21.5. The molecule has 1 aliphatic carbocycles. The summed E-state index contributed by atoms with van der Waals surface area (Å²) < 4.78 is 5.91. The monoisotopic (exact) mass is 302 g/mol. The number of benzene rings is 1. The first-order valence-corrected chi connectivity index (χ1v) is 8.74. The van der Waals surface area contributed by atoms with Gasteiger partial charge in [-0.3, -0.25) is 0 Å². The Bertz CT molecular complexity index is 531. The number of aryl methyl sites for hydroxylation is 1. The first-order valence-electron chi connectivity index (χ1n) is 8.74. The van der Waals surface area contributed by atoms with Crippen molar-refractivity contribution in [3.63, 3.8) is 0 Å². The van der Waals surface area contributed by atoms with Crippen molar-refractivity contribution in [3.05, 3.63) is 34.9 Å². The molecular weight excluding hydrogens is 272 g/mol. The van der Waals surface area contributed by atoms with Crippen LogP contribution in [-0.2, 0) is 6.42 Å². The van der Waals surface area contributed by atoms with Gasteiger partial charge in [-0.25, -0.2) is 0 Å². The van der Waals surface area contributed by atoms with Crippen LogP contribution in [0.15, 0.2) is 23.8 Å². The third-order valence-corrected chi connectivity index (χ3v) is 4.79. The second kappa shape index (κ2) is 7.71. The highest BCUT2D eigenvalue weighted by Crippen LogP contribution is 2.46. The van der Waals surface area contributed by atoms with E-state index in [0.29, 0.717) is 24.2 Å². The van der Waals surface area contributed by atoms with Crippen molar-refractivity contribution in [2.75, 3.05) is 6.61 Å². The van der Waals surface area contributed by atoms with Crippen molar-refractivity contribution in [1.29, 1.82) is 0 Å². The molecule has 1 aromatic carbocycles. The summed E-state index contributed by atoms with van der Waals surface area (Å²) in [6, 6.07) is 4.09. The predicted octanol–water partition coefficient (Wildman–Crippen LogP) is 5.59. The highest BCUT2D eigenvalue weighted by atomic mass is 16.5. The molecule has 0 heterocycles. The lowest BCUT2D eigenvalue weighted by Crippen LogP contribution is -2.17. The summed E-state index contributed by atoms with van der Waals surface area (Å²) >= 11 is 0. The lowest BCUT2D eigenvalue weighted by Gasteiger charge is -2.32. The van der Waals surface area contributed by atoms with Gasteiger partial charge in [0.1, 0.15) is 11.5 Å². The zero-order valence-electron chi connectivity index (χ0n) is 14.5. The third kappa shape index (κ3) is 3.66. The summed E-state index contributed by atoms with van der Waals surface area (Å²) in [6.07, 6.45) is 7.68. The van der Waals surface area contributed by atoms with Crippen LogP contribution in [0.2, 0.25) is 0 Å². The average Bonchev–Trinajstić information content (AvgIpc) is 2.48. The molecule has 0 amide bonds. The van der Waals surface area contributed by atoms with Gasteiger partial charge in [-0.15, -0.1) is 0 Å². The van der Waals surface area contributed by atoms with Gasteiger partial charge in [0.05, 0.1) is 6.61 Å². The zero-order valence-corrected chi connectivity index (χ0v) is 14.5. The summed E-state index contributed by atoms with van der Waals surface area (Å²) in [6.45, 7) is 9.25. The first kappa shape index (κ1) is 16.9. The Kier molecular flexibility index (Phi) is 5.93. The van der Waals surface area contributed by atoms with E-state index in [1.807, 2.05) is 13.0 Å². The van der Waals surface area contributed by atoms with Crippen LogP contribution < -0.4 is 4.74 Å². The zero-order chi connectivity index (χ0) is 16.1. The van der Waals surface area contributed by atoms with Crippen LogP contribution in [0, 0.1) is 5.92 Å². The smallest absolute Gasteiger partial charge is 0.126 e. The van der Waals surface area contributed by atoms with Gasteiger partial charge in [-0.1, -0.05) is 38.3 Å². The van der Waals surface area contributed by atoms with Crippen LogP contribution in [0.25, 0.3) is 0 Å². The van der Waals surface area contributed by atoms with Crippen LogP contribution in [0.3, 0.4) is 0 Å². The minimum absolute atomic E-state index is 0.368. The van der Waals surface area contributed by atoms with Gasteiger partial charge < -0.3 is 9.84 Å². The molecule has 2 heteroatoms.